The molecule has 0 aliphatic heterocycles. The summed E-state index contributed by atoms with van der Waals surface area (Å²) in [7, 11) is 1.32. The minimum absolute atomic E-state index is 0.273. The fourth-order valence-electron chi connectivity index (χ4n) is 1.52. The molecule has 0 saturated carbocycles. The molecule has 0 fully saturated rings. The van der Waals surface area contributed by atoms with Crippen LogP contribution < -0.4 is 5.32 Å². The summed E-state index contributed by atoms with van der Waals surface area (Å²) in [6.45, 7) is 1.83. The molecule has 0 aromatic carbocycles. The average Bonchev–Trinajstić information content (AvgIpc) is 2.92. The molecule has 0 spiro atoms. The lowest BCUT2D eigenvalue weighted by molar-refractivity contribution is 0.0607. The molecule has 8 heteroatoms. The van der Waals surface area contributed by atoms with Crippen molar-refractivity contribution in [2.45, 2.75) is 6.92 Å². The number of methoxy groups -OCH3 is 1. The summed E-state index contributed by atoms with van der Waals surface area (Å²) < 4.78 is 6.29. The van der Waals surface area contributed by atoms with Crippen LogP contribution in [-0.4, -0.2) is 19.0 Å². The van der Waals surface area contributed by atoms with E-state index in [1.807, 2.05) is 6.92 Å². The van der Waals surface area contributed by atoms with Crippen LogP contribution in [0.25, 0.3) is 0 Å². The lowest BCUT2D eigenvalue weighted by atomic mass is 10.2. The fraction of sp³-hybridized carbons (Fsp3) is 0.167. The third-order valence-corrected chi connectivity index (χ3v) is 5.90. The Kier molecular flexibility index (Phi) is 5.00. The van der Waals surface area contributed by atoms with Gasteiger partial charge in [-0.2, -0.15) is 0 Å². The maximum atomic E-state index is 12.3. The Bertz CT molecular complexity index is 678. The number of thiophene rings is 2. The van der Waals surface area contributed by atoms with E-state index in [9.17, 15) is 9.59 Å². The largest absolute Gasteiger partial charge is 0.465 e. The highest BCUT2D eigenvalue weighted by Gasteiger charge is 2.21. The van der Waals surface area contributed by atoms with Gasteiger partial charge in [0.15, 0.2) is 0 Å². The molecule has 0 atom stereocenters. The first-order valence-electron chi connectivity index (χ1n) is 5.36. The predicted octanol–water partition coefficient (Wildman–Crippen LogP) is 4.68. The molecule has 20 heavy (non-hydrogen) atoms. The zero-order chi connectivity index (χ0) is 14.9. The van der Waals surface area contributed by atoms with Crippen molar-refractivity contribution < 1.29 is 14.3 Å². The van der Waals surface area contributed by atoms with Crippen molar-refractivity contribution in [3.63, 3.8) is 0 Å². The number of esters is 1. The van der Waals surface area contributed by atoms with Gasteiger partial charge in [-0.3, -0.25) is 4.79 Å². The first-order chi connectivity index (χ1) is 9.43. The molecule has 2 aromatic heterocycles. The molecule has 2 rings (SSSR count). The number of carbonyl (C=O) groups excluding carboxylic acids is 2. The third kappa shape index (κ3) is 3.13. The number of hydrogen-bond acceptors (Lipinski definition) is 5. The zero-order valence-electron chi connectivity index (χ0n) is 10.5. The van der Waals surface area contributed by atoms with Crippen LogP contribution in [0, 0.1) is 6.92 Å². The molecule has 0 aliphatic carbocycles. The molecule has 0 bridgehead atoms. The standard InChI is InChI=1S/C12H9Br2NO3S2/c1-5-4-19-9(12(17)18-2)8(5)15-11(16)6-3-7(13)20-10(6)14/h3-4H,1-2H3,(H,15,16). The van der Waals surface area contributed by atoms with E-state index in [1.54, 1.807) is 11.4 Å². The van der Waals surface area contributed by atoms with Crippen LogP contribution in [0.15, 0.2) is 19.0 Å². The Balaban J connectivity index is 2.30. The summed E-state index contributed by atoms with van der Waals surface area (Å²) in [6, 6.07) is 1.73. The molecule has 2 aromatic rings. The Hall–Kier alpha value is -0.700. The van der Waals surface area contributed by atoms with Crippen molar-refractivity contribution in [3.8, 4) is 0 Å². The van der Waals surface area contributed by atoms with Crippen molar-refractivity contribution in [2.75, 3.05) is 12.4 Å². The van der Waals surface area contributed by atoms with Gasteiger partial charge in [-0.05, 0) is 55.8 Å². The number of aryl methyl sites for hydroxylation is 1. The second-order valence-corrected chi connectivity index (χ2v) is 8.44. The molecule has 0 aliphatic rings. The number of amides is 1. The smallest absolute Gasteiger partial charge is 0.350 e. The van der Waals surface area contributed by atoms with Crippen molar-refractivity contribution in [2.24, 2.45) is 0 Å². The molecule has 0 unspecified atom stereocenters. The molecule has 0 radical (unpaired) electrons. The highest BCUT2D eigenvalue weighted by molar-refractivity contribution is 9.12. The van der Waals surface area contributed by atoms with E-state index in [0.717, 1.165) is 13.1 Å². The van der Waals surface area contributed by atoms with Gasteiger partial charge in [-0.1, -0.05) is 0 Å². The number of nitrogens with one attached hydrogen (secondary N) is 1. The number of halogens is 2. The Morgan fingerprint density at radius 3 is 2.60 bits per heavy atom. The molecular formula is C12H9Br2NO3S2. The van der Waals surface area contributed by atoms with Crippen molar-refractivity contribution >= 4 is 72.1 Å². The SMILES string of the molecule is COC(=O)c1scc(C)c1NC(=O)c1cc(Br)sc1Br. The topological polar surface area (TPSA) is 55.4 Å². The maximum absolute atomic E-state index is 12.3. The van der Waals surface area contributed by atoms with Crippen LogP contribution in [0.4, 0.5) is 5.69 Å². The van der Waals surface area contributed by atoms with Gasteiger partial charge in [0.1, 0.15) is 4.88 Å². The molecule has 0 saturated heterocycles. The van der Waals surface area contributed by atoms with Crippen LogP contribution in [0.5, 0.6) is 0 Å². The third-order valence-electron chi connectivity index (χ3n) is 2.49. The second kappa shape index (κ2) is 6.38. The van der Waals surface area contributed by atoms with Crippen LogP contribution >= 0.6 is 54.5 Å². The summed E-state index contributed by atoms with van der Waals surface area (Å²) >= 11 is 9.33. The summed E-state index contributed by atoms with van der Waals surface area (Å²) in [4.78, 5) is 24.3. The highest BCUT2D eigenvalue weighted by Crippen LogP contribution is 2.34. The molecule has 4 nitrogen and oxygen atoms in total. The van der Waals surface area contributed by atoms with E-state index >= 15 is 0 Å². The quantitative estimate of drug-likeness (QED) is 0.707. The molecule has 106 valence electrons. The number of hydrogen-bond donors (Lipinski definition) is 1. The van der Waals surface area contributed by atoms with Crippen molar-refractivity contribution in [3.05, 3.63) is 35.0 Å². The van der Waals surface area contributed by atoms with E-state index in [-0.39, 0.29) is 5.91 Å². The predicted molar refractivity (Wildman–Crippen MR) is 88.1 cm³/mol. The van der Waals surface area contributed by atoms with Gasteiger partial charge in [-0.25, -0.2) is 4.79 Å². The van der Waals surface area contributed by atoms with Crippen molar-refractivity contribution in [1.82, 2.24) is 0 Å². The fourth-order valence-corrected chi connectivity index (χ4v) is 5.23. The lowest BCUT2D eigenvalue weighted by Crippen LogP contribution is -2.14. The molecule has 2 heterocycles. The highest BCUT2D eigenvalue weighted by atomic mass is 79.9. The monoisotopic (exact) mass is 437 g/mol. The number of anilines is 1. The van der Waals surface area contributed by atoms with Gasteiger partial charge in [0, 0.05) is 0 Å². The lowest BCUT2D eigenvalue weighted by Gasteiger charge is -2.06. The van der Waals surface area contributed by atoms with E-state index in [1.165, 1.54) is 29.8 Å². The minimum atomic E-state index is -0.455. The summed E-state index contributed by atoms with van der Waals surface area (Å²) in [5.41, 5.74) is 1.85. The summed E-state index contributed by atoms with van der Waals surface area (Å²) in [5.74, 6) is -0.727. The van der Waals surface area contributed by atoms with Crippen LogP contribution in [-0.2, 0) is 4.74 Å². The van der Waals surface area contributed by atoms with Gasteiger partial charge >= 0.3 is 5.97 Å². The van der Waals surface area contributed by atoms with Gasteiger partial charge < -0.3 is 10.1 Å². The molecular weight excluding hydrogens is 430 g/mol. The molecule has 1 N–H and O–H groups in total. The van der Waals surface area contributed by atoms with Crippen LogP contribution in [0.2, 0.25) is 0 Å². The maximum Gasteiger partial charge on any atom is 0.350 e. The van der Waals surface area contributed by atoms with E-state index < -0.39 is 5.97 Å². The van der Waals surface area contributed by atoms with E-state index in [4.69, 9.17) is 4.74 Å². The number of carbonyl (C=O) groups is 2. The molecule has 1 amide bonds. The van der Waals surface area contributed by atoms with Gasteiger partial charge in [0.2, 0.25) is 0 Å². The van der Waals surface area contributed by atoms with Gasteiger partial charge in [0.05, 0.1) is 25.9 Å². The summed E-state index contributed by atoms with van der Waals surface area (Å²) in [6.07, 6.45) is 0. The first kappa shape index (κ1) is 15.7. The van der Waals surface area contributed by atoms with E-state index in [0.29, 0.717) is 16.1 Å². The average molecular weight is 439 g/mol. The number of rotatable bonds is 3. The minimum Gasteiger partial charge on any atom is -0.465 e. The Morgan fingerprint density at radius 2 is 2.05 bits per heavy atom. The second-order valence-electron chi connectivity index (χ2n) is 3.81. The zero-order valence-corrected chi connectivity index (χ0v) is 15.3. The van der Waals surface area contributed by atoms with Crippen LogP contribution in [0.3, 0.4) is 0 Å². The van der Waals surface area contributed by atoms with E-state index in [2.05, 4.69) is 37.2 Å². The first-order valence-corrected chi connectivity index (χ1v) is 8.64. The Morgan fingerprint density at radius 1 is 1.35 bits per heavy atom. The van der Waals surface area contributed by atoms with Crippen molar-refractivity contribution in [1.29, 1.82) is 0 Å². The number of ether oxygens (including phenoxy) is 1. The Labute approximate surface area is 140 Å². The summed E-state index contributed by atoms with van der Waals surface area (Å²) in [5, 5.41) is 4.58. The van der Waals surface area contributed by atoms with Gasteiger partial charge in [-0.15, -0.1) is 22.7 Å². The van der Waals surface area contributed by atoms with Crippen LogP contribution in [0.1, 0.15) is 25.6 Å². The normalized spacial score (nSPS) is 10.4. The van der Waals surface area contributed by atoms with Gasteiger partial charge in [0.25, 0.3) is 5.91 Å².